The summed E-state index contributed by atoms with van der Waals surface area (Å²) in [6.45, 7) is 12.0. The van der Waals surface area contributed by atoms with Crippen molar-refractivity contribution in [3.05, 3.63) is 41.2 Å². The third kappa shape index (κ3) is 34.1. The van der Waals surface area contributed by atoms with E-state index in [0.717, 1.165) is 134 Å². The van der Waals surface area contributed by atoms with Gasteiger partial charge in [0.15, 0.2) is 0 Å². The zero-order chi connectivity index (χ0) is 67.2. The van der Waals surface area contributed by atoms with Crippen LogP contribution in [0.4, 0.5) is 16.7 Å². The first-order valence-corrected chi connectivity index (χ1v) is 32.2. The summed E-state index contributed by atoms with van der Waals surface area (Å²) in [5.74, 6) is -4.92. The average Bonchev–Trinajstić information content (AvgIpc) is 0.925. The molecule has 3 amide bonds. The molecule has 93 heavy (non-hydrogen) atoms. The summed E-state index contributed by atoms with van der Waals surface area (Å²) in [5.41, 5.74) is 7.86. The Kier molecular flexibility index (Phi) is 40.0. The molecule has 32 heteroatoms. The smallest absolute Gasteiger partial charge is 0.373 e. The van der Waals surface area contributed by atoms with E-state index < -0.39 is 60.4 Å². The number of benzene rings is 1. The third-order valence-electron chi connectivity index (χ3n) is 16.6. The Balaban J connectivity index is 0.00000553. The van der Waals surface area contributed by atoms with E-state index in [0.29, 0.717) is 109 Å². The van der Waals surface area contributed by atoms with Crippen LogP contribution in [0.1, 0.15) is 113 Å². The summed E-state index contributed by atoms with van der Waals surface area (Å²) in [6.07, 6.45) is 11.1. The second-order valence-corrected chi connectivity index (χ2v) is 23.8. The number of carboxylic acid groups (broad SMARTS) is 6. The summed E-state index contributed by atoms with van der Waals surface area (Å²) in [6, 6.07) is 4.26. The first-order valence-electron chi connectivity index (χ1n) is 32.2. The normalized spacial score (nSPS) is 17.4. The zero-order valence-electron chi connectivity index (χ0n) is 53.6. The van der Waals surface area contributed by atoms with Gasteiger partial charge in [-0.2, -0.15) is 24.5 Å². The number of amides is 3. The fraction of sp³-hybridized carbons (Fsp3) is 0.705. The summed E-state index contributed by atoms with van der Waals surface area (Å²) in [4.78, 5) is 143. The van der Waals surface area contributed by atoms with Gasteiger partial charge in [-0.3, -0.25) is 48.5 Å². The van der Waals surface area contributed by atoms with Gasteiger partial charge in [-0.25, -0.2) is 14.4 Å². The van der Waals surface area contributed by atoms with Crippen molar-refractivity contribution in [2.45, 2.75) is 127 Å². The summed E-state index contributed by atoms with van der Waals surface area (Å²) < 4.78 is 0. The number of carbonyl (C=O) groups is 8. The molecule has 0 aliphatic carbocycles. The molecular weight excluding hydrogens is 1370 g/mol. The minimum absolute atomic E-state index is 0. The number of nitrogens with zero attached hydrogens (tertiary/aromatic N) is 11. The molecule has 0 spiro atoms. The molecule has 4 heterocycles. The largest absolute Gasteiger partial charge is 0.481 e. The molecule has 3 saturated heterocycles. The van der Waals surface area contributed by atoms with Crippen LogP contribution in [0, 0.1) is 36.9 Å². The number of likely N-dealkylation sites (N-methyl/N-ethyl adjacent to an activating group) is 1. The molecule has 3 fully saturated rings. The van der Waals surface area contributed by atoms with Crippen LogP contribution in [-0.2, 0) is 56.0 Å². The molecule has 3 atom stereocenters. The number of urea groups is 1. The van der Waals surface area contributed by atoms with E-state index in [4.69, 9.17) is 35.4 Å². The van der Waals surface area contributed by atoms with Gasteiger partial charge in [0.25, 0.3) is 0 Å². The number of carboxylic acids is 6. The molecule has 0 bridgehead atoms. The van der Waals surface area contributed by atoms with E-state index in [1.54, 1.807) is 4.90 Å². The maximum atomic E-state index is 12.4. The molecule has 31 nitrogen and oxygen atoms in total. The van der Waals surface area contributed by atoms with Gasteiger partial charge in [-0.05, 0) is 89.2 Å². The number of hydrogen-bond donors (Lipinski definition) is 10. The van der Waals surface area contributed by atoms with Gasteiger partial charge in [0.1, 0.15) is 17.9 Å². The molecule has 0 saturated carbocycles. The fourth-order valence-electron chi connectivity index (χ4n) is 11.4. The number of nitrogens with one attached hydrogen (secondary N) is 3. The summed E-state index contributed by atoms with van der Waals surface area (Å²) in [5, 5.41) is 64.1. The van der Waals surface area contributed by atoms with Crippen molar-refractivity contribution in [2.24, 2.45) is 5.73 Å². The minimum Gasteiger partial charge on any atom is -0.481 e. The number of unbranched alkanes of at least 4 members (excludes halogenated alkanes) is 8. The van der Waals surface area contributed by atoms with Gasteiger partial charge in [-0.1, -0.05) is 62.8 Å². The maximum absolute atomic E-state index is 12.4. The number of hydrogen-bond acceptors (Lipinski definition) is 22. The predicted molar refractivity (Wildman–Crippen MR) is 337 cm³/mol. The topological polar surface area (TPSA) is 419 Å². The molecule has 1 aromatic carbocycles. The first-order chi connectivity index (χ1) is 44.1. The maximum Gasteiger partial charge on any atom is 0.373 e. The molecule has 3 aliphatic heterocycles. The van der Waals surface area contributed by atoms with E-state index in [1.165, 1.54) is 0 Å². The Morgan fingerprint density at radius 2 is 1.00 bits per heavy atom. The van der Waals surface area contributed by atoms with Gasteiger partial charge in [0, 0.05) is 167 Å². The van der Waals surface area contributed by atoms with Gasteiger partial charge in [0.2, 0.25) is 17.8 Å². The molecule has 1 radical (unpaired) electrons. The van der Waals surface area contributed by atoms with Crippen molar-refractivity contribution >= 4 is 65.8 Å². The Labute approximate surface area is 573 Å². The van der Waals surface area contributed by atoms with Crippen LogP contribution in [-0.4, -0.2) is 298 Å². The number of carbonyl (C=O) groups excluding carboxylic acids is 4. The molecule has 529 valence electrons. The number of rotatable bonds is 38. The average molecular weight is 1470 g/mol. The molecular formula is C61H99LuN15O16. The Hall–Kier alpha value is -6.28. The van der Waals surface area contributed by atoms with Crippen LogP contribution in [0.2, 0.25) is 0 Å². The minimum atomic E-state index is -1.48. The van der Waals surface area contributed by atoms with E-state index >= 15 is 0 Å². The van der Waals surface area contributed by atoms with Gasteiger partial charge >= 0.3 is 48.0 Å². The summed E-state index contributed by atoms with van der Waals surface area (Å²) >= 11 is 0. The number of piperazine rings is 2. The molecule has 1 unspecified atom stereocenters. The van der Waals surface area contributed by atoms with Crippen LogP contribution in [0.25, 0.3) is 0 Å². The molecule has 2 aromatic rings. The van der Waals surface area contributed by atoms with Crippen molar-refractivity contribution in [3.8, 4) is 0 Å². The number of aromatic nitrogens is 3. The van der Waals surface area contributed by atoms with Gasteiger partial charge < -0.3 is 67.0 Å². The monoisotopic (exact) mass is 1470 g/mol. The first kappa shape index (κ1) is 81.0. The van der Waals surface area contributed by atoms with Crippen molar-refractivity contribution < 1.29 is 115 Å². The second kappa shape index (κ2) is 45.9. The van der Waals surface area contributed by atoms with Crippen LogP contribution in [0.3, 0.4) is 0 Å². The standard InChI is InChI=1S/C60H99N15O14.CO2.Lu/c1-68-25-26-71(42-53(79)80)27-28-72(43-54(81)82)33-38-75(44-55(83)84)47(41-68)39-45-15-17-46(18-16-45)40-50-65-58(67-59(66-50)74-36-31-70(32-37-74)24-12-21-61)73-34-29-69(30-35-73)23-11-7-5-3-2-4-6-8-14-51(76)62-22-10-9-13-48(56(85)86)63-60(89)64-49(57(87)88)19-20-52(77)78;2-1-3;/h15-18,47-49H,2-14,19-44,61H2,1H3,(H,62,76)(H,77,78)(H,79,80)(H,81,82)(H,83,84)(H,85,86)(H,87,88)(H2,63,64,89);;/t47?,48-,49-;;/m0../s1. The van der Waals surface area contributed by atoms with E-state index in [-0.39, 0.29) is 87.5 Å². The van der Waals surface area contributed by atoms with E-state index in [9.17, 15) is 63.9 Å². The second-order valence-electron chi connectivity index (χ2n) is 23.8. The van der Waals surface area contributed by atoms with Crippen molar-refractivity contribution in [2.75, 3.05) is 161 Å². The Bertz CT molecular complexity index is 2630. The zero-order valence-corrected chi connectivity index (χ0v) is 55.3. The molecule has 1 aromatic heterocycles. The molecule has 11 N–H and O–H groups in total. The number of aliphatic carboxylic acids is 6. The number of nitrogens with two attached hydrogens (primary N) is 1. The van der Waals surface area contributed by atoms with Crippen LogP contribution >= 0.6 is 0 Å². The van der Waals surface area contributed by atoms with Crippen molar-refractivity contribution in [1.29, 1.82) is 0 Å². The van der Waals surface area contributed by atoms with E-state index in [1.807, 2.05) is 16.8 Å². The van der Waals surface area contributed by atoms with Gasteiger partial charge in [-0.15, -0.1) is 0 Å². The van der Waals surface area contributed by atoms with Crippen LogP contribution < -0.4 is 31.5 Å². The summed E-state index contributed by atoms with van der Waals surface area (Å²) in [7, 11) is 1.96. The van der Waals surface area contributed by atoms with Crippen molar-refractivity contribution in [3.63, 3.8) is 0 Å². The quantitative estimate of drug-likeness (QED) is 0.0406. The Morgan fingerprint density at radius 3 is 1.51 bits per heavy atom. The van der Waals surface area contributed by atoms with E-state index in [2.05, 4.69) is 64.7 Å². The van der Waals surface area contributed by atoms with Crippen LogP contribution in [0.5, 0.6) is 0 Å². The van der Waals surface area contributed by atoms with Crippen LogP contribution in [0.15, 0.2) is 24.3 Å². The fourth-order valence-corrected chi connectivity index (χ4v) is 11.4. The molecule has 3 aliphatic rings. The Morgan fingerprint density at radius 1 is 0.538 bits per heavy atom. The predicted octanol–water partition coefficient (Wildman–Crippen LogP) is 0.356. The SMILES string of the molecule is CN1CCN(CC(=O)O)CCN(CC(=O)O)CCN(CC(=O)O)C(Cc2ccc(Cc3nc(N4CCN(CCCN)CC4)nc(N4CCN(CCCCCCCCCCC(=O)NCCCC[C@H](NC(=O)N[C@@H](CCC(=O)O)C(=O)O)C(=O)O)CC4)n3)cc2)C1.O=C=O.[Lu]. The van der Waals surface area contributed by atoms with Crippen molar-refractivity contribution in [1.82, 2.24) is 60.3 Å². The molecule has 5 rings (SSSR count). The number of anilines is 2. The van der Waals surface area contributed by atoms with Gasteiger partial charge in [0.05, 0.1) is 19.6 Å². The third-order valence-corrected chi connectivity index (χ3v) is 16.6.